The third-order valence-electron chi connectivity index (χ3n) is 2.06. The van der Waals surface area contributed by atoms with Crippen molar-refractivity contribution in [3.8, 4) is 0 Å². The Labute approximate surface area is 93.1 Å². The molecule has 0 aliphatic heterocycles. The lowest BCUT2D eigenvalue weighted by Crippen LogP contribution is -2.35. The number of likely N-dealkylation sites (N-methyl/N-ethyl adjacent to an activating group) is 1. The molecule has 0 unspecified atom stereocenters. The van der Waals surface area contributed by atoms with E-state index in [0.29, 0.717) is 12.2 Å². The number of aromatic nitrogens is 1. The van der Waals surface area contributed by atoms with Crippen LogP contribution in [0.1, 0.15) is 23.2 Å². The molecule has 0 saturated carbocycles. The summed E-state index contributed by atoms with van der Waals surface area (Å²) >= 11 is 0. The second-order valence-corrected chi connectivity index (χ2v) is 3.23. The van der Waals surface area contributed by atoms with Gasteiger partial charge in [-0.05, 0) is 13.8 Å². The molecule has 0 fully saturated rings. The number of hydrogen-bond acceptors (Lipinski definition) is 5. The standard InChI is InChI=1S/C10H14N2O4/c1-4-12(6-9(13)15-3)10(14)8-5-7(2)11-16-8/h5H,4,6H2,1-3H3. The predicted molar refractivity (Wildman–Crippen MR) is 54.8 cm³/mol. The van der Waals surface area contributed by atoms with Crippen molar-refractivity contribution in [2.45, 2.75) is 13.8 Å². The highest BCUT2D eigenvalue weighted by Gasteiger charge is 2.21. The van der Waals surface area contributed by atoms with Crippen LogP contribution in [0.5, 0.6) is 0 Å². The van der Waals surface area contributed by atoms with Crippen molar-refractivity contribution in [2.75, 3.05) is 20.2 Å². The van der Waals surface area contributed by atoms with E-state index in [0.717, 1.165) is 0 Å². The SMILES string of the molecule is CCN(CC(=O)OC)C(=O)c1cc(C)no1. The monoisotopic (exact) mass is 226 g/mol. The Morgan fingerprint density at radius 2 is 2.25 bits per heavy atom. The number of aryl methyl sites for hydroxylation is 1. The van der Waals surface area contributed by atoms with E-state index in [1.807, 2.05) is 0 Å². The number of hydrogen-bond donors (Lipinski definition) is 0. The van der Waals surface area contributed by atoms with Crippen molar-refractivity contribution in [1.82, 2.24) is 10.1 Å². The molecule has 0 spiro atoms. The van der Waals surface area contributed by atoms with Crippen molar-refractivity contribution < 1.29 is 18.8 Å². The third-order valence-corrected chi connectivity index (χ3v) is 2.06. The van der Waals surface area contributed by atoms with Crippen molar-refractivity contribution >= 4 is 11.9 Å². The molecule has 6 nitrogen and oxygen atoms in total. The highest BCUT2D eigenvalue weighted by molar-refractivity contribution is 5.93. The average Bonchev–Trinajstić information content (AvgIpc) is 2.71. The summed E-state index contributed by atoms with van der Waals surface area (Å²) in [7, 11) is 1.28. The van der Waals surface area contributed by atoms with Gasteiger partial charge >= 0.3 is 5.97 Å². The second-order valence-electron chi connectivity index (χ2n) is 3.23. The lowest BCUT2D eigenvalue weighted by atomic mass is 10.3. The van der Waals surface area contributed by atoms with Crippen molar-refractivity contribution in [3.05, 3.63) is 17.5 Å². The maximum atomic E-state index is 11.8. The Kier molecular flexibility index (Phi) is 4.04. The van der Waals surface area contributed by atoms with Gasteiger partial charge in [0.2, 0.25) is 5.76 Å². The Bertz CT molecular complexity index is 386. The first-order chi connectivity index (χ1) is 7.58. The topological polar surface area (TPSA) is 72.6 Å². The van der Waals surface area contributed by atoms with E-state index in [1.165, 1.54) is 18.1 Å². The number of ether oxygens (including phenoxy) is 1. The minimum absolute atomic E-state index is 0.0917. The zero-order valence-electron chi connectivity index (χ0n) is 9.52. The molecule has 0 atom stereocenters. The second kappa shape index (κ2) is 5.29. The first-order valence-corrected chi connectivity index (χ1v) is 4.87. The molecule has 0 aliphatic rings. The largest absolute Gasteiger partial charge is 0.468 e. The smallest absolute Gasteiger partial charge is 0.325 e. The summed E-state index contributed by atoms with van der Waals surface area (Å²) in [6.45, 7) is 3.79. The van der Waals surface area contributed by atoms with Crippen LogP contribution < -0.4 is 0 Å². The first-order valence-electron chi connectivity index (χ1n) is 4.87. The Hall–Kier alpha value is -1.85. The summed E-state index contributed by atoms with van der Waals surface area (Å²) in [4.78, 5) is 24.2. The van der Waals surface area contributed by atoms with Gasteiger partial charge < -0.3 is 14.2 Å². The molecular formula is C10H14N2O4. The lowest BCUT2D eigenvalue weighted by molar-refractivity contribution is -0.141. The van der Waals surface area contributed by atoms with Crippen molar-refractivity contribution in [3.63, 3.8) is 0 Å². The molecule has 88 valence electrons. The Morgan fingerprint density at radius 1 is 1.56 bits per heavy atom. The van der Waals surface area contributed by atoms with Gasteiger partial charge in [-0.15, -0.1) is 0 Å². The molecule has 6 heteroatoms. The van der Waals surface area contributed by atoms with E-state index in [4.69, 9.17) is 4.52 Å². The van der Waals surface area contributed by atoms with Gasteiger partial charge in [0.25, 0.3) is 5.91 Å². The summed E-state index contributed by atoms with van der Waals surface area (Å²) in [6.07, 6.45) is 0. The molecule has 1 rings (SSSR count). The molecule has 1 heterocycles. The van der Waals surface area contributed by atoms with Crippen LogP contribution >= 0.6 is 0 Å². The highest BCUT2D eigenvalue weighted by Crippen LogP contribution is 2.06. The Morgan fingerprint density at radius 3 is 2.69 bits per heavy atom. The van der Waals surface area contributed by atoms with E-state index >= 15 is 0 Å². The van der Waals surface area contributed by atoms with E-state index < -0.39 is 5.97 Å². The van der Waals surface area contributed by atoms with Gasteiger partial charge in [-0.25, -0.2) is 0 Å². The van der Waals surface area contributed by atoms with Gasteiger partial charge in [-0.3, -0.25) is 9.59 Å². The van der Waals surface area contributed by atoms with Gasteiger partial charge in [0, 0.05) is 12.6 Å². The van der Waals surface area contributed by atoms with Crippen LogP contribution in [0, 0.1) is 6.92 Å². The molecular weight excluding hydrogens is 212 g/mol. The number of carbonyl (C=O) groups excluding carboxylic acids is 2. The van der Waals surface area contributed by atoms with E-state index in [9.17, 15) is 9.59 Å². The molecule has 0 aromatic carbocycles. The fourth-order valence-electron chi connectivity index (χ4n) is 1.17. The molecule has 16 heavy (non-hydrogen) atoms. The maximum Gasteiger partial charge on any atom is 0.325 e. The van der Waals surface area contributed by atoms with Crippen LogP contribution in [-0.4, -0.2) is 42.1 Å². The van der Waals surface area contributed by atoms with Crippen molar-refractivity contribution in [2.24, 2.45) is 0 Å². The summed E-state index contributed by atoms with van der Waals surface area (Å²) in [5.41, 5.74) is 0.623. The molecule has 1 aromatic heterocycles. The van der Waals surface area contributed by atoms with Gasteiger partial charge in [-0.2, -0.15) is 0 Å². The van der Waals surface area contributed by atoms with Crippen LogP contribution in [0.3, 0.4) is 0 Å². The van der Waals surface area contributed by atoms with E-state index in [1.54, 1.807) is 13.8 Å². The first kappa shape index (κ1) is 12.2. The van der Waals surface area contributed by atoms with Crippen LogP contribution in [0.25, 0.3) is 0 Å². The highest BCUT2D eigenvalue weighted by atomic mass is 16.5. The summed E-state index contributed by atoms with van der Waals surface area (Å²) in [5.74, 6) is -0.705. The van der Waals surface area contributed by atoms with Gasteiger partial charge in [0.15, 0.2) is 0 Å². The number of methoxy groups -OCH3 is 1. The van der Waals surface area contributed by atoms with E-state index in [2.05, 4.69) is 9.89 Å². The molecule has 1 amide bonds. The number of amides is 1. The fourth-order valence-corrected chi connectivity index (χ4v) is 1.17. The van der Waals surface area contributed by atoms with Gasteiger partial charge in [0.1, 0.15) is 6.54 Å². The van der Waals surface area contributed by atoms with Crippen LogP contribution in [0.15, 0.2) is 10.6 Å². The predicted octanol–water partition coefficient (Wildman–Crippen LogP) is 0.618. The fraction of sp³-hybridized carbons (Fsp3) is 0.500. The number of nitrogens with zero attached hydrogens (tertiary/aromatic N) is 2. The summed E-state index contributed by atoms with van der Waals surface area (Å²) < 4.78 is 9.33. The lowest BCUT2D eigenvalue weighted by Gasteiger charge is -2.17. The van der Waals surface area contributed by atoms with Crippen LogP contribution in [0.2, 0.25) is 0 Å². The minimum Gasteiger partial charge on any atom is -0.468 e. The van der Waals surface area contributed by atoms with Crippen LogP contribution in [-0.2, 0) is 9.53 Å². The third kappa shape index (κ3) is 2.82. The molecule has 0 radical (unpaired) electrons. The molecule has 1 aromatic rings. The van der Waals surface area contributed by atoms with E-state index in [-0.39, 0.29) is 18.2 Å². The zero-order valence-corrected chi connectivity index (χ0v) is 9.52. The maximum absolute atomic E-state index is 11.8. The molecule has 0 aliphatic carbocycles. The van der Waals surface area contributed by atoms with Crippen molar-refractivity contribution in [1.29, 1.82) is 0 Å². The number of carbonyl (C=O) groups is 2. The zero-order chi connectivity index (χ0) is 12.1. The van der Waals surface area contributed by atoms with Gasteiger partial charge in [-0.1, -0.05) is 5.16 Å². The minimum atomic E-state index is -0.466. The summed E-state index contributed by atoms with van der Waals surface area (Å²) in [5, 5.41) is 3.62. The molecule has 0 N–H and O–H groups in total. The van der Waals surface area contributed by atoms with Gasteiger partial charge in [0.05, 0.1) is 12.8 Å². The summed E-state index contributed by atoms with van der Waals surface area (Å²) in [6, 6.07) is 1.53. The molecule has 0 bridgehead atoms. The quantitative estimate of drug-likeness (QED) is 0.703. The Balaban J connectivity index is 2.73. The molecule has 0 saturated heterocycles. The number of esters is 1. The van der Waals surface area contributed by atoms with Crippen LogP contribution in [0.4, 0.5) is 0 Å². The normalized spacial score (nSPS) is 9.94. The number of rotatable bonds is 4. The average molecular weight is 226 g/mol.